The van der Waals surface area contributed by atoms with E-state index in [0.717, 1.165) is 4.90 Å². The third-order valence-corrected chi connectivity index (χ3v) is 1.82. The van der Waals surface area contributed by atoms with E-state index in [-0.39, 0.29) is 6.54 Å². The molecule has 0 aromatic heterocycles. The molecule has 0 spiro atoms. The van der Waals surface area contributed by atoms with Gasteiger partial charge in [-0.25, -0.2) is 4.79 Å². The summed E-state index contributed by atoms with van der Waals surface area (Å²) in [4.78, 5) is 23.0. The second-order valence-electron chi connectivity index (χ2n) is 3.47. The minimum atomic E-state index is -4.57. The Morgan fingerprint density at radius 2 is 1.88 bits per heavy atom. The first kappa shape index (κ1) is 15.5. The summed E-state index contributed by atoms with van der Waals surface area (Å²) in [7, 11) is 2.42. The highest BCUT2D eigenvalue weighted by atomic mass is 19.4. The van der Waals surface area contributed by atoms with E-state index in [2.05, 4.69) is 9.47 Å². The molecule has 0 N–H and O–H groups in total. The molecular weight excluding hydrogens is 243 g/mol. The lowest BCUT2D eigenvalue weighted by molar-refractivity contribution is -0.162. The van der Waals surface area contributed by atoms with E-state index in [0.29, 0.717) is 0 Å². The fraction of sp³-hybridized carbons (Fsp3) is 0.778. The molecule has 0 aliphatic rings. The van der Waals surface area contributed by atoms with Gasteiger partial charge in [-0.15, -0.1) is 0 Å². The molecule has 0 saturated carbocycles. The lowest BCUT2D eigenvalue weighted by atomic mass is 10.2. The number of ether oxygens (including phenoxy) is 2. The number of amides is 1. The zero-order valence-electron chi connectivity index (χ0n) is 9.71. The lowest BCUT2D eigenvalue weighted by Crippen LogP contribution is -2.36. The number of esters is 1. The van der Waals surface area contributed by atoms with Crippen LogP contribution in [-0.4, -0.2) is 50.4 Å². The Labute approximate surface area is 96.5 Å². The van der Waals surface area contributed by atoms with Crippen LogP contribution in [0, 0.1) is 5.92 Å². The van der Waals surface area contributed by atoms with E-state index >= 15 is 0 Å². The van der Waals surface area contributed by atoms with Crippen molar-refractivity contribution in [3.05, 3.63) is 0 Å². The van der Waals surface area contributed by atoms with E-state index in [1.54, 1.807) is 0 Å². The molecule has 0 fully saturated rings. The van der Waals surface area contributed by atoms with Crippen LogP contribution >= 0.6 is 0 Å². The number of carbonyl (C=O) groups excluding carboxylic acids is 2. The third kappa shape index (κ3) is 6.64. The minimum Gasteiger partial charge on any atom is -0.469 e. The van der Waals surface area contributed by atoms with Gasteiger partial charge < -0.3 is 14.4 Å². The van der Waals surface area contributed by atoms with Crippen LogP contribution in [-0.2, 0) is 14.3 Å². The van der Waals surface area contributed by atoms with Gasteiger partial charge in [-0.05, 0) is 0 Å². The Kier molecular flexibility index (Phi) is 5.77. The van der Waals surface area contributed by atoms with Gasteiger partial charge in [0.2, 0.25) is 0 Å². The van der Waals surface area contributed by atoms with Crippen LogP contribution < -0.4 is 0 Å². The standard InChI is InChI=1S/C9H14F3NO4/c1-6(7(14)16-3)4-13(2)8(15)17-5-9(10,11)12/h6H,4-5H2,1-3H3. The molecule has 0 bridgehead atoms. The summed E-state index contributed by atoms with van der Waals surface area (Å²) in [5.41, 5.74) is 0. The van der Waals surface area contributed by atoms with Crippen LogP contribution in [0.1, 0.15) is 6.92 Å². The molecule has 0 aliphatic heterocycles. The molecule has 0 aromatic rings. The molecule has 1 unspecified atom stereocenters. The summed E-state index contributed by atoms with van der Waals surface area (Å²) >= 11 is 0. The summed E-state index contributed by atoms with van der Waals surface area (Å²) in [5.74, 6) is -1.19. The van der Waals surface area contributed by atoms with Gasteiger partial charge in [0.25, 0.3) is 0 Å². The molecule has 17 heavy (non-hydrogen) atoms. The third-order valence-electron chi connectivity index (χ3n) is 1.82. The van der Waals surface area contributed by atoms with E-state index in [9.17, 15) is 22.8 Å². The van der Waals surface area contributed by atoms with Crippen molar-refractivity contribution < 1.29 is 32.2 Å². The maximum Gasteiger partial charge on any atom is 0.422 e. The summed E-state index contributed by atoms with van der Waals surface area (Å²) in [6.45, 7) is -0.245. The maximum absolute atomic E-state index is 11.8. The van der Waals surface area contributed by atoms with Crippen molar-refractivity contribution in [2.75, 3.05) is 27.3 Å². The molecule has 100 valence electrons. The second kappa shape index (κ2) is 6.31. The number of nitrogens with zero attached hydrogens (tertiary/aromatic N) is 1. The molecule has 0 radical (unpaired) electrons. The van der Waals surface area contributed by atoms with Gasteiger partial charge in [0.05, 0.1) is 13.0 Å². The Balaban J connectivity index is 4.10. The zero-order chi connectivity index (χ0) is 13.6. The van der Waals surface area contributed by atoms with Crippen molar-refractivity contribution in [2.45, 2.75) is 13.1 Å². The highest BCUT2D eigenvalue weighted by molar-refractivity contribution is 5.73. The normalized spacial score (nSPS) is 12.8. The van der Waals surface area contributed by atoms with Crippen LogP contribution in [0.15, 0.2) is 0 Å². The van der Waals surface area contributed by atoms with Crippen molar-refractivity contribution in [1.82, 2.24) is 4.90 Å². The van der Waals surface area contributed by atoms with Crippen LogP contribution in [0.5, 0.6) is 0 Å². The Morgan fingerprint density at radius 1 is 1.35 bits per heavy atom. The highest BCUT2D eigenvalue weighted by Gasteiger charge is 2.30. The molecule has 8 heteroatoms. The first-order valence-corrected chi connectivity index (χ1v) is 4.70. The van der Waals surface area contributed by atoms with Crippen molar-refractivity contribution >= 4 is 12.1 Å². The SMILES string of the molecule is COC(=O)C(C)CN(C)C(=O)OCC(F)(F)F. The van der Waals surface area contributed by atoms with Gasteiger partial charge in [-0.3, -0.25) is 4.79 Å². The summed E-state index contributed by atoms with van der Waals surface area (Å²) in [5, 5.41) is 0. The number of alkyl halides is 3. The largest absolute Gasteiger partial charge is 0.469 e. The molecule has 0 saturated heterocycles. The van der Waals surface area contributed by atoms with Gasteiger partial charge in [-0.1, -0.05) is 6.92 Å². The van der Waals surface area contributed by atoms with Crippen LogP contribution in [0.3, 0.4) is 0 Å². The van der Waals surface area contributed by atoms with Gasteiger partial charge in [0.15, 0.2) is 6.61 Å². The predicted molar refractivity (Wildman–Crippen MR) is 51.2 cm³/mol. The average Bonchev–Trinajstić information content (AvgIpc) is 2.23. The second-order valence-corrected chi connectivity index (χ2v) is 3.47. The number of carbonyl (C=O) groups is 2. The van der Waals surface area contributed by atoms with Gasteiger partial charge in [0, 0.05) is 13.6 Å². The fourth-order valence-electron chi connectivity index (χ4n) is 1.01. The van der Waals surface area contributed by atoms with Gasteiger partial charge in [-0.2, -0.15) is 13.2 Å². The van der Waals surface area contributed by atoms with Crippen LogP contribution in [0.25, 0.3) is 0 Å². The first-order chi connectivity index (χ1) is 7.67. The van der Waals surface area contributed by atoms with Crippen LogP contribution in [0.2, 0.25) is 0 Å². The Bertz CT molecular complexity index is 280. The summed E-state index contributed by atoms with van der Waals surface area (Å²) in [6.07, 6.45) is -5.71. The van der Waals surface area contributed by atoms with E-state index in [1.807, 2.05) is 0 Å². The quantitative estimate of drug-likeness (QED) is 0.715. The van der Waals surface area contributed by atoms with Crippen LogP contribution in [0.4, 0.5) is 18.0 Å². The average molecular weight is 257 g/mol. The topological polar surface area (TPSA) is 55.8 Å². The fourth-order valence-corrected chi connectivity index (χ4v) is 1.01. The molecule has 0 aliphatic carbocycles. The zero-order valence-corrected chi connectivity index (χ0v) is 9.71. The number of hydrogen-bond acceptors (Lipinski definition) is 4. The smallest absolute Gasteiger partial charge is 0.422 e. The molecular formula is C9H14F3NO4. The van der Waals surface area contributed by atoms with E-state index in [1.165, 1.54) is 21.1 Å². The summed E-state index contributed by atoms with van der Waals surface area (Å²) < 4.78 is 43.7. The number of rotatable bonds is 4. The molecule has 1 atom stereocenters. The molecule has 0 heterocycles. The lowest BCUT2D eigenvalue weighted by Gasteiger charge is -2.20. The number of methoxy groups -OCH3 is 1. The van der Waals surface area contributed by atoms with Crippen molar-refractivity contribution in [1.29, 1.82) is 0 Å². The summed E-state index contributed by atoms with van der Waals surface area (Å²) in [6, 6.07) is 0. The Hall–Kier alpha value is -1.47. The van der Waals surface area contributed by atoms with E-state index < -0.39 is 30.8 Å². The molecule has 0 aromatic carbocycles. The minimum absolute atomic E-state index is 0.0800. The number of halogens is 3. The highest BCUT2D eigenvalue weighted by Crippen LogP contribution is 2.15. The van der Waals surface area contributed by atoms with Gasteiger partial charge >= 0.3 is 18.2 Å². The predicted octanol–water partition coefficient (Wildman–Crippen LogP) is 1.43. The molecule has 5 nitrogen and oxygen atoms in total. The van der Waals surface area contributed by atoms with Crippen molar-refractivity contribution in [3.63, 3.8) is 0 Å². The van der Waals surface area contributed by atoms with Crippen molar-refractivity contribution in [2.24, 2.45) is 5.92 Å². The molecule has 0 rings (SSSR count). The maximum atomic E-state index is 11.8. The number of hydrogen-bond donors (Lipinski definition) is 0. The monoisotopic (exact) mass is 257 g/mol. The molecule has 1 amide bonds. The van der Waals surface area contributed by atoms with E-state index in [4.69, 9.17) is 0 Å². The first-order valence-electron chi connectivity index (χ1n) is 4.70. The van der Waals surface area contributed by atoms with Gasteiger partial charge in [0.1, 0.15) is 0 Å². The van der Waals surface area contributed by atoms with Crippen molar-refractivity contribution in [3.8, 4) is 0 Å². The Morgan fingerprint density at radius 3 is 2.29 bits per heavy atom.